The van der Waals surface area contributed by atoms with Gasteiger partial charge in [-0.1, -0.05) is 36.4 Å². The Balaban J connectivity index is 1.31. The number of benzene rings is 2. The summed E-state index contributed by atoms with van der Waals surface area (Å²) in [5.74, 6) is 1.77. The fourth-order valence-electron chi connectivity index (χ4n) is 4.44. The second-order valence-electron chi connectivity index (χ2n) is 8.33. The van der Waals surface area contributed by atoms with E-state index in [1.54, 1.807) is 7.11 Å². The van der Waals surface area contributed by atoms with Crippen molar-refractivity contribution in [3.63, 3.8) is 0 Å². The topological polar surface area (TPSA) is 61.4 Å². The molecule has 0 bridgehead atoms. The van der Waals surface area contributed by atoms with Gasteiger partial charge in [0.2, 0.25) is 0 Å². The molecule has 32 heavy (non-hydrogen) atoms. The molecule has 2 aromatic rings. The lowest BCUT2D eigenvalue weighted by Crippen LogP contribution is -2.44. The molecule has 172 valence electrons. The van der Waals surface area contributed by atoms with Crippen LogP contribution in [0.25, 0.3) is 0 Å². The maximum absolute atomic E-state index is 5.54. The van der Waals surface area contributed by atoms with Crippen LogP contribution in [0.1, 0.15) is 17.5 Å². The van der Waals surface area contributed by atoms with Crippen LogP contribution in [0.2, 0.25) is 0 Å². The van der Waals surface area contributed by atoms with Gasteiger partial charge < -0.3 is 25.0 Å². The molecule has 0 spiro atoms. The normalized spacial score (nSPS) is 19.8. The zero-order valence-corrected chi connectivity index (χ0v) is 19.2. The molecule has 0 aromatic heterocycles. The van der Waals surface area contributed by atoms with Crippen LogP contribution in [0.5, 0.6) is 5.75 Å². The minimum absolute atomic E-state index is 0.342. The Morgan fingerprint density at radius 1 is 1.06 bits per heavy atom. The number of hydrogen-bond donors (Lipinski definition) is 2. The number of hydrogen-bond acceptors (Lipinski definition) is 5. The Bertz CT molecular complexity index is 897. The average Bonchev–Trinajstić information content (AvgIpc) is 3.31. The van der Waals surface area contributed by atoms with Crippen LogP contribution in [0.15, 0.2) is 53.5 Å². The van der Waals surface area contributed by atoms with Crippen molar-refractivity contribution in [1.29, 1.82) is 0 Å². The minimum atomic E-state index is 0.342. The third-order valence-electron chi connectivity index (χ3n) is 6.24. The number of ether oxygens (including phenoxy) is 2. The Labute approximate surface area is 191 Å². The van der Waals surface area contributed by atoms with Crippen LogP contribution in [0.3, 0.4) is 0 Å². The van der Waals surface area contributed by atoms with E-state index < -0.39 is 0 Å². The Morgan fingerprint density at radius 3 is 2.59 bits per heavy atom. The molecule has 0 aliphatic carbocycles. The Kier molecular flexibility index (Phi) is 7.85. The summed E-state index contributed by atoms with van der Waals surface area (Å²) in [7, 11) is 3.56. The quantitative estimate of drug-likeness (QED) is 0.513. The molecule has 2 heterocycles. The maximum Gasteiger partial charge on any atom is 0.191 e. The second kappa shape index (κ2) is 11.2. The number of morpholine rings is 1. The molecule has 2 aromatic carbocycles. The zero-order chi connectivity index (χ0) is 22.2. The molecule has 4 rings (SSSR count). The third-order valence-corrected chi connectivity index (χ3v) is 6.24. The van der Waals surface area contributed by atoms with Gasteiger partial charge in [0.25, 0.3) is 0 Å². The molecule has 7 nitrogen and oxygen atoms in total. The van der Waals surface area contributed by atoms with E-state index >= 15 is 0 Å². The molecule has 2 fully saturated rings. The third kappa shape index (κ3) is 5.72. The van der Waals surface area contributed by atoms with E-state index in [0.717, 1.165) is 76.3 Å². The average molecular weight is 438 g/mol. The molecule has 0 amide bonds. The highest BCUT2D eigenvalue weighted by atomic mass is 16.5. The van der Waals surface area contributed by atoms with Crippen molar-refractivity contribution >= 4 is 11.6 Å². The van der Waals surface area contributed by atoms with E-state index in [2.05, 4.69) is 61.8 Å². The fraction of sp³-hybridized carbons (Fsp3) is 0.480. The minimum Gasteiger partial charge on any atom is -0.495 e. The van der Waals surface area contributed by atoms with Gasteiger partial charge in [0, 0.05) is 52.4 Å². The molecule has 2 aliphatic rings. The van der Waals surface area contributed by atoms with Crippen LogP contribution in [0, 0.1) is 0 Å². The molecule has 2 N–H and O–H groups in total. The Morgan fingerprint density at radius 2 is 1.81 bits per heavy atom. The number of methoxy groups -OCH3 is 1. The van der Waals surface area contributed by atoms with Gasteiger partial charge >= 0.3 is 0 Å². The number of para-hydroxylation sites is 2. The molecule has 7 heteroatoms. The highest BCUT2D eigenvalue weighted by molar-refractivity contribution is 5.80. The van der Waals surface area contributed by atoms with E-state index in [9.17, 15) is 0 Å². The van der Waals surface area contributed by atoms with Crippen LogP contribution in [-0.4, -0.2) is 70.5 Å². The van der Waals surface area contributed by atoms with Crippen molar-refractivity contribution in [3.8, 4) is 5.75 Å². The van der Waals surface area contributed by atoms with E-state index in [0.29, 0.717) is 6.04 Å². The number of nitrogens with one attached hydrogen (secondary N) is 2. The summed E-state index contributed by atoms with van der Waals surface area (Å²) >= 11 is 0. The van der Waals surface area contributed by atoms with Crippen molar-refractivity contribution in [2.75, 3.05) is 58.5 Å². The molecule has 0 saturated carbocycles. The van der Waals surface area contributed by atoms with Gasteiger partial charge in [0.1, 0.15) is 5.75 Å². The summed E-state index contributed by atoms with van der Waals surface area (Å²) in [4.78, 5) is 9.30. The summed E-state index contributed by atoms with van der Waals surface area (Å²) in [6, 6.07) is 17.2. The van der Waals surface area contributed by atoms with Crippen molar-refractivity contribution in [3.05, 3.63) is 59.7 Å². The van der Waals surface area contributed by atoms with E-state index in [1.807, 2.05) is 19.2 Å². The lowest BCUT2D eigenvalue weighted by Gasteiger charge is -2.27. The van der Waals surface area contributed by atoms with E-state index in [4.69, 9.17) is 9.47 Å². The molecular formula is C25H35N5O2. The number of aliphatic imine (C=N–C) groups is 1. The summed E-state index contributed by atoms with van der Waals surface area (Å²) in [5, 5.41) is 7.12. The monoisotopic (exact) mass is 437 g/mol. The van der Waals surface area contributed by atoms with Gasteiger partial charge in [-0.05, 0) is 29.7 Å². The molecule has 2 saturated heterocycles. The first-order chi connectivity index (χ1) is 15.8. The number of guanidine groups is 1. The molecule has 0 radical (unpaired) electrons. The first kappa shape index (κ1) is 22.4. The zero-order valence-electron chi connectivity index (χ0n) is 19.2. The van der Waals surface area contributed by atoms with E-state index in [-0.39, 0.29) is 0 Å². The number of nitrogens with zero attached hydrogens (tertiary/aromatic N) is 3. The number of anilines is 1. The van der Waals surface area contributed by atoms with Gasteiger partial charge in [-0.2, -0.15) is 0 Å². The van der Waals surface area contributed by atoms with Gasteiger partial charge in [0.05, 0.1) is 26.0 Å². The molecular weight excluding hydrogens is 402 g/mol. The van der Waals surface area contributed by atoms with Crippen molar-refractivity contribution < 1.29 is 9.47 Å². The second-order valence-corrected chi connectivity index (χ2v) is 8.33. The van der Waals surface area contributed by atoms with Crippen LogP contribution >= 0.6 is 0 Å². The van der Waals surface area contributed by atoms with Crippen LogP contribution in [0.4, 0.5) is 5.69 Å². The molecule has 1 unspecified atom stereocenters. The highest BCUT2D eigenvalue weighted by Crippen LogP contribution is 2.30. The lowest BCUT2D eigenvalue weighted by molar-refractivity contribution is 0.0341. The fourth-order valence-corrected chi connectivity index (χ4v) is 4.44. The van der Waals surface area contributed by atoms with Gasteiger partial charge in [-0.3, -0.25) is 9.89 Å². The molecule has 1 atom stereocenters. The summed E-state index contributed by atoms with van der Waals surface area (Å²) in [5.41, 5.74) is 3.82. The smallest absolute Gasteiger partial charge is 0.191 e. The number of rotatable bonds is 7. The highest BCUT2D eigenvalue weighted by Gasteiger charge is 2.25. The standard InChI is InChI=1S/C25H35N5O2/c1-26-25(28-22-11-12-30(19-22)23-9-5-6-10-24(23)31-2)27-17-20-7-3-4-8-21(20)18-29-13-15-32-16-14-29/h3-10,22H,11-19H2,1-2H3,(H2,26,27,28). The first-order valence-electron chi connectivity index (χ1n) is 11.5. The van der Waals surface area contributed by atoms with Gasteiger partial charge in [-0.25, -0.2) is 0 Å². The SMILES string of the molecule is CN=C(NCc1ccccc1CN1CCOCC1)NC1CCN(c2ccccc2OC)C1. The van der Waals surface area contributed by atoms with Gasteiger partial charge in [0.15, 0.2) is 5.96 Å². The summed E-state index contributed by atoms with van der Waals surface area (Å²) < 4.78 is 11.0. The Hall–Kier alpha value is -2.77. The van der Waals surface area contributed by atoms with Gasteiger partial charge in [-0.15, -0.1) is 0 Å². The lowest BCUT2D eigenvalue weighted by atomic mass is 10.1. The predicted molar refractivity (Wildman–Crippen MR) is 129 cm³/mol. The van der Waals surface area contributed by atoms with Crippen molar-refractivity contribution in [1.82, 2.24) is 15.5 Å². The predicted octanol–water partition coefficient (Wildman–Crippen LogP) is 2.47. The first-order valence-corrected chi connectivity index (χ1v) is 11.5. The largest absolute Gasteiger partial charge is 0.495 e. The maximum atomic E-state index is 5.54. The summed E-state index contributed by atoms with van der Waals surface area (Å²) in [6.07, 6.45) is 1.06. The van der Waals surface area contributed by atoms with E-state index in [1.165, 1.54) is 11.1 Å². The summed E-state index contributed by atoms with van der Waals surface area (Å²) in [6.45, 7) is 7.28. The van der Waals surface area contributed by atoms with Crippen molar-refractivity contribution in [2.24, 2.45) is 4.99 Å². The van der Waals surface area contributed by atoms with Crippen LogP contribution < -0.4 is 20.3 Å². The van der Waals surface area contributed by atoms with Crippen LogP contribution in [-0.2, 0) is 17.8 Å². The van der Waals surface area contributed by atoms with Crippen molar-refractivity contribution in [2.45, 2.75) is 25.6 Å². The molecule has 2 aliphatic heterocycles.